The van der Waals surface area contributed by atoms with Crippen LogP contribution in [0.1, 0.15) is 52.2 Å². The van der Waals surface area contributed by atoms with Gasteiger partial charge in [-0.25, -0.2) is 19.0 Å². The highest BCUT2D eigenvalue weighted by Crippen LogP contribution is 2.44. The molecule has 196 valence electrons. The first-order valence-electron chi connectivity index (χ1n) is 11.9. The second-order valence-electron chi connectivity index (χ2n) is 9.46. The first kappa shape index (κ1) is 25.1. The van der Waals surface area contributed by atoms with E-state index in [9.17, 15) is 19.1 Å². The van der Waals surface area contributed by atoms with Crippen LogP contribution in [0.3, 0.4) is 0 Å². The van der Waals surface area contributed by atoms with E-state index in [0.29, 0.717) is 44.0 Å². The van der Waals surface area contributed by atoms with E-state index >= 15 is 0 Å². The molecule has 2 aliphatic rings. The molecule has 4 aromatic rings. The van der Waals surface area contributed by atoms with Gasteiger partial charge >= 0.3 is 11.9 Å². The summed E-state index contributed by atoms with van der Waals surface area (Å²) in [7, 11) is 0. The van der Waals surface area contributed by atoms with Gasteiger partial charge in [-0.15, -0.1) is 0 Å². The predicted molar refractivity (Wildman–Crippen MR) is 141 cm³/mol. The molecular weight excluding hydrogens is 556 g/mol. The standard InChI is InChI=1S/C26H20Cl2FN3O5S/c1-11-20(23(31-37-11)21-16(27)3-2-4-17(21)28)25(35)36-15-9-13-5-6-14(10-15)32(13)26-30-22-18(29)7-12(24(33)34)8-19(22)38-26/h2-4,7-8,13-15H,5-6,9-10H2,1H3,(H,33,34). The van der Waals surface area contributed by atoms with Gasteiger partial charge < -0.3 is 19.3 Å². The number of halogens is 3. The number of anilines is 1. The molecule has 8 nitrogen and oxygen atoms in total. The highest BCUT2D eigenvalue weighted by Gasteiger charge is 2.44. The molecule has 0 aliphatic carbocycles. The van der Waals surface area contributed by atoms with Gasteiger partial charge in [0.1, 0.15) is 28.6 Å². The Hall–Kier alpha value is -3.21. The van der Waals surface area contributed by atoms with Gasteiger partial charge in [-0.2, -0.15) is 0 Å². The van der Waals surface area contributed by atoms with E-state index in [1.54, 1.807) is 25.1 Å². The minimum atomic E-state index is -1.19. The van der Waals surface area contributed by atoms with Crippen LogP contribution in [-0.2, 0) is 4.74 Å². The summed E-state index contributed by atoms with van der Waals surface area (Å²) in [5, 5.41) is 14.6. The van der Waals surface area contributed by atoms with Crippen molar-refractivity contribution < 1.29 is 28.3 Å². The molecule has 0 radical (unpaired) electrons. The van der Waals surface area contributed by atoms with Gasteiger partial charge in [0.25, 0.3) is 0 Å². The molecule has 2 fully saturated rings. The van der Waals surface area contributed by atoms with E-state index in [1.165, 1.54) is 17.4 Å². The zero-order chi connectivity index (χ0) is 26.7. The van der Waals surface area contributed by atoms with Crippen molar-refractivity contribution >= 4 is 61.8 Å². The minimum absolute atomic E-state index is 0.0511. The van der Waals surface area contributed by atoms with Crippen LogP contribution in [0.25, 0.3) is 21.5 Å². The Bertz CT molecular complexity index is 1570. The molecule has 2 atom stereocenters. The Kier molecular flexibility index (Phi) is 6.28. The maximum atomic E-state index is 14.6. The lowest BCUT2D eigenvalue weighted by atomic mass is 10.00. The quantitative estimate of drug-likeness (QED) is 0.260. The van der Waals surface area contributed by atoms with Gasteiger partial charge in [0.2, 0.25) is 0 Å². The number of fused-ring (bicyclic) bond motifs is 3. The summed E-state index contributed by atoms with van der Waals surface area (Å²) >= 11 is 14.0. The lowest BCUT2D eigenvalue weighted by Gasteiger charge is -2.38. The third-order valence-corrected chi connectivity index (χ3v) is 8.78. The van der Waals surface area contributed by atoms with Crippen molar-refractivity contribution in [3.63, 3.8) is 0 Å². The van der Waals surface area contributed by atoms with Gasteiger partial charge in [-0.1, -0.05) is 45.8 Å². The van der Waals surface area contributed by atoms with E-state index in [0.717, 1.165) is 18.9 Å². The molecule has 2 unspecified atom stereocenters. The lowest BCUT2D eigenvalue weighted by Crippen LogP contribution is -2.46. The van der Waals surface area contributed by atoms with Crippen LogP contribution >= 0.6 is 34.5 Å². The number of carboxylic acid groups (broad SMARTS) is 1. The summed E-state index contributed by atoms with van der Waals surface area (Å²) < 4.78 is 26.3. The summed E-state index contributed by atoms with van der Waals surface area (Å²) in [5.41, 5.74) is 0.881. The second-order valence-corrected chi connectivity index (χ2v) is 11.3. The van der Waals surface area contributed by atoms with Crippen LogP contribution in [0.4, 0.5) is 9.52 Å². The number of benzene rings is 2. The summed E-state index contributed by atoms with van der Waals surface area (Å²) in [5.74, 6) is -2.10. The van der Waals surface area contributed by atoms with Crippen molar-refractivity contribution in [3.05, 3.63) is 63.1 Å². The Morgan fingerprint density at radius 3 is 2.53 bits per heavy atom. The number of hydrogen-bond donors (Lipinski definition) is 1. The van der Waals surface area contributed by atoms with Crippen LogP contribution in [0, 0.1) is 12.7 Å². The number of ether oxygens (including phenoxy) is 1. The summed E-state index contributed by atoms with van der Waals surface area (Å²) in [6.07, 6.45) is 2.57. The first-order valence-corrected chi connectivity index (χ1v) is 13.5. The van der Waals surface area contributed by atoms with Gasteiger partial charge in [0.05, 0.1) is 20.3 Å². The summed E-state index contributed by atoms with van der Waals surface area (Å²) in [4.78, 5) is 31.3. The molecule has 2 aromatic carbocycles. The van der Waals surface area contributed by atoms with Gasteiger partial charge in [-0.05, 0) is 44.0 Å². The number of thiazole rings is 1. The number of rotatable bonds is 5. The van der Waals surface area contributed by atoms with Crippen LogP contribution in [0.2, 0.25) is 10.0 Å². The van der Waals surface area contributed by atoms with E-state index in [4.69, 9.17) is 32.5 Å². The van der Waals surface area contributed by atoms with Crippen molar-refractivity contribution in [2.75, 3.05) is 4.90 Å². The molecule has 6 rings (SSSR count). The fourth-order valence-corrected chi connectivity index (χ4v) is 7.20. The Labute approximate surface area is 229 Å². The predicted octanol–water partition coefficient (Wildman–Crippen LogP) is 6.76. The molecule has 2 aromatic heterocycles. The highest BCUT2D eigenvalue weighted by molar-refractivity contribution is 7.22. The number of piperidine rings is 1. The normalized spacial score (nSPS) is 20.7. The van der Waals surface area contributed by atoms with Gasteiger partial charge in [-0.3, -0.25) is 0 Å². The first-order chi connectivity index (χ1) is 18.2. The number of esters is 1. The Morgan fingerprint density at radius 2 is 1.87 bits per heavy atom. The number of nitrogens with zero attached hydrogens (tertiary/aromatic N) is 3. The Morgan fingerprint density at radius 1 is 1.18 bits per heavy atom. The SMILES string of the molecule is Cc1onc(-c2c(Cl)cccc2Cl)c1C(=O)OC1CC2CCC(C1)N2c1nc2c(F)cc(C(=O)O)cc2s1. The molecule has 12 heteroatoms. The number of carboxylic acids is 1. The third kappa shape index (κ3) is 4.20. The van der Waals surface area contributed by atoms with E-state index < -0.39 is 17.8 Å². The van der Waals surface area contributed by atoms with E-state index in [1.807, 2.05) is 0 Å². The maximum Gasteiger partial charge on any atom is 0.344 e. The number of hydrogen-bond acceptors (Lipinski definition) is 8. The molecule has 1 N–H and O–H groups in total. The van der Waals surface area contributed by atoms with Crippen LogP contribution in [0.5, 0.6) is 0 Å². The number of aromatic carboxylic acids is 1. The monoisotopic (exact) mass is 575 g/mol. The average molecular weight is 576 g/mol. The summed E-state index contributed by atoms with van der Waals surface area (Å²) in [6.45, 7) is 1.63. The zero-order valence-corrected chi connectivity index (χ0v) is 22.2. The largest absolute Gasteiger partial charge is 0.478 e. The third-order valence-electron chi connectivity index (χ3n) is 7.13. The van der Waals surface area contributed by atoms with Gasteiger partial charge in [0, 0.05) is 30.5 Å². The molecule has 2 bridgehead atoms. The smallest absolute Gasteiger partial charge is 0.344 e. The van der Waals surface area contributed by atoms with Crippen molar-refractivity contribution in [2.45, 2.75) is 50.8 Å². The van der Waals surface area contributed by atoms with Gasteiger partial charge in [0.15, 0.2) is 10.9 Å². The molecule has 0 amide bonds. The molecule has 38 heavy (non-hydrogen) atoms. The topological polar surface area (TPSA) is 106 Å². The average Bonchev–Trinajstić information content (AvgIpc) is 3.52. The fourth-order valence-electron chi connectivity index (χ4n) is 5.46. The maximum absolute atomic E-state index is 14.6. The molecule has 2 aliphatic heterocycles. The fraction of sp³-hybridized carbons (Fsp3) is 0.308. The van der Waals surface area contributed by atoms with Crippen molar-refractivity contribution in [1.82, 2.24) is 10.1 Å². The molecule has 0 spiro atoms. The van der Waals surface area contributed by atoms with Crippen molar-refractivity contribution in [2.24, 2.45) is 0 Å². The number of aryl methyl sites for hydroxylation is 1. The van der Waals surface area contributed by atoms with Crippen molar-refractivity contribution in [1.29, 1.82) is 0 Å². The lowest BCUT2D eigenvalue weighted by molar-refractivity contribution is 0.0203. The molecule has 2 saturated heterocycles. The van der Waals surface area contributed by atoms with E-state index in [2.05, 4.69) is 15.0 Å². The molecule has 0 saturated carbocycles. The van der Waals surface area contributed by atoms with Crippen molar-refractivity contribution in [3.8, 4) is 11.3 Å². The van der Waals surface area contributed by atoms with Crippen LogP contribution in [0.15, 0.2) is 34.9 Å². The number of carbonyl (C=O) groups excluding carboxylic acids is 1. The highest BCUT2D eigenvalue weighted by atomic mass is 35.5. The molecule has 4 heterocycles. The minimum Gasteiger partial charge on any atom is -0.478 e. The van der Waals surface area contributed by atoms with Crippen LogP contribution in [-0.4, -0.2) is 45.4 Å². The van der Waals surface area contributed by atoms with Crippen LogP contribution < -0.4 is 4.90 Å². The number of carbonyl (C=O) groups is 2. The zero-order valence-electron chi connectivity index (χ0n) is 19.9. The number of aromatic nitrogens is 2. The molecular formula is C26H20Cl2FN3O5S. The van der Waals surface area contributed by atoms with E-state index in [-0.39, 0.29) is 40.5 Å². The summed E-state index contributed by atoms with van der Waals surface area (Å²) in [6, 6.07) is 7.56. The Balaban J connectivity index is 1.23. The second kappa shape index (κ2) is 9.52.